The summed E-state index contributed by atoms with van der Waals surface area (Å²) < 4.78 is 5.28. The van der Waals surface area contributed by atoms with Crippen LogP contribution in [0.1, 0.15) is 18.2 Å². The van der Waals surface area contributed by atoms with E-state index in [1.54, 1.807) is 0 Å². The van der Waals surface area contributed by atoms with Crippen LogP contribution in [0, 0.1) is 6.92 Å². The Balaban J connectivity index is 2.52. The second-order valence-electron chi connectivity index (χ2n) is 3.76. The number of hydrogen-bond acceptors (Lipinski definition) is 3. The summed E-state index contributed by atoms with van der Waals surface area (Å²) in [5.41, 5.74) is 8.68. The van der Waals surface area contributed by atoms with Gasteiger partial charge >= 0.3 is 0 Å². The molecular formula is C11H14N2O. The SMILES string of the molecule is Cc1cccc2c(CC(C)N)noc12. The maximum Gasteiger partial charge on any atom is 0.170 e. The smallest absolute Gasteiger partial charge is 0.170 e. The number of benzene rings is 1. The standard InChI is InChI=1S/C11H14N2O/c1-7-4-3-5-9-10(6-8(2)12)13-14-11(7)9/h3-5,8H,6,12H2,1-2H3. The van der Waals surface area contributed by atoms with Crippen LogP contribution in [0.25, 0.3) is 11.0 Å². The fraction of sp³-hybridized carbons (Fsp3) is 0.364. The topological polar surface area (TPSA) is 52.0 Å². The Labute approximate surface area is 82.9 Å². The van der Waals surface area contributed by atoms with E-state index in [0.29, 0.717) is 0 Å². The molecule has 1 aromatic carbocycles. The number of nitrogens with zero attached hydrogens (tertiary/aromatic N) is 1. The van der Waals surface area contributed by atoms with E-state index in [-0.39, 0.29) is 6.04 Å². The molecule has 0 bridgehead atoms. The van der Waals surface area contributed by atoms with Crippen LogP contribution >= 0.6 is 0 Å². The third-order valence-electron chi connectivity index (χ3n) is 2.29. The zero-order valence-electron chi connectivity index (χ0n) is 8.45. The minimum absolute atomic E-state index is 0.115. The average molecular weight is 190 g/mol. The Morgan fingerprint density at radius 3 is 3.00 bits per heavy atom. The summed E-state index contributed by atoms with van der Waals surface area (Å²) in [6.07, 6.45) is 0.760. The lowest BCUT2D eigenvalue weighted by Crippen LogP contribution is -2.17. The molecule has 0 aliphatic rings. The second-order valence-corrected chi connectivity index (χ2v) is 3.76. The number of aryl methyl sites for hydroxylation is 1. The molecule has 0 amide bonds. The van der Waals surface area contributed by atoms with Crippen LogP contribution in [0.2, 0.25) is 0 Å². The molecule has 2 aromatic rings. The zero-order valence-corrected chi connectivity index (χ0v) is 8.45. The van der Waals surface area contributed by atoms with Crippen molar-refractivity contribution in [3.8, 4) is 0 Å². The van der Waals surface area contributed by atoms with Gasteiger partial charge < -0.3 is 10.3 Å². The molecule has 0 saturated carbocycles. The third-order valence-corrected chi connectivity index (χ3v) is 2.29. The Morgan fingerprint density at radius 2 is 2.29 bits per heavy atom. The molecule has 74 valence electrons. The Morgan fingerprint density at radius 1 is 1.50 bits per heavy atom. The molecule has 0 aliphatic heterocycles. The Bertz CT molecular complexity index is 445. The van der Waals surface area contributed by atoms with Gasteiger partial charge in [0.25, 0.3) is 0 Å². The fourth-order valence-electron chi connectivity index (χ4n) is 1.60. The van der Waals surface area contributed by atoms with Crippen LogP contribution in [0.3, 0.4) is 0 Å². The largest absolute Gasteiger partial charge is 0.356 e. The highest BCUT2D eigenvalue weighted by atomic mass is 16.5. The summed E-state index contributed by atoms with van der Waals surface area (Å²) in [5, 5.41) is 5.13. The van der Waals surface area contributed by atoms with E-state index >= 15 is 0 Å². The molecule has 1 aromatic heterocycles. The first kappa shape index (κ1) is 9.21. The molecule has 3 nitrogen and oxygen atoms in total. The first-order valence-electron chi connectivity index (χ1n) is 4.78. The predicted octanol–water partition coefficient (Wildman–Crippen LogP) is 2.03. The maximum absolute atomic E-state index is 5.73. The maximum atomic E-state index is 5.73. The minimum Gasteiger partial charge on any atom is -0.356 e. The van der Waals surface area contributed by atoms with Gasteiger partial charge in [-0.05, 0) is 25.5 Å². The van der Waals surface area contributed by atoms with Gasteiger partial charge in [0.05, 0.1) is 5.69 Å². The van der Waals surface area contributed by atoms with Crippen LogP contribution in [0.15, 0.2) is 22.7 Å². The van der Waals surface area contributed by atoms with Crippen LogP contribution in [0.4, 0.5) is 0 Å². The van der Waals surface area contributed by atoms with Crippen molar-refractivity contribution in [3.05, 3.63) is 29.5 Å². The van der Waals surface area contributed by atoms with Gasteiger partial charge in [0.15, 0.2) is 5.58 Å². The molecular weight excluding hydrogens is 176 g/mol. The van der Waals surface area contributed by atoms with E-state index < -0.39 is 0 Å². The summed E-state index contributed by atoms with van der Waals surface area (Å²) >= 11 is 0. The first-order valence-corrected chi connectivity index (χ1v) is 4.78. The van der Waals surface area contributed by atoms with Crippen molar-refractivity contribution >= 4 is 11.0 Å². The highest BCUT2D eigenvalue weighted by molar-refractivity contribution is 5.82. The van der Waals surface area contributed by atoms with Gasteiger partial charge in [0.1, 0.15) is 0 Å². The Kier molecular flexibility index (Phi) is 2.25. The molecule has 3 heteroatoms. The van der Waals surface area contributed by atoms with Gasteiger partial charge in [-0.1, -0.05) is 17.3 Å². The molecule has 0 aliphatic carbocycles. The lowest BCUT2D eigenvalue weighted by atomic mass is 10.1. The number of rotatable bonds is 2. The summed E-state index contributed by atoms with van der Waals surface area (Å²) in [6.45, 7) is 3.99. The number of hydrogen-bond donors (Lipinski definition) is 1. The monoisotopic (exact) mass is 190 g/mol. The molecule has 2 rings (SSSR count). The van der Waals surface area contributed by atoms with Crippen molar-refractivity contribution in [2.75, 3.05) is 0 Å². The summed E-state index contributed by atoms with van der Waals surface area (Å²) in [6, 6.07) is 6.17. The number of aromatic nitrogens is 1. The van der Waals surface area contributed by atoms with Crippen molar-refractivity contribution in [2.45, 2.75) is 26.3 Å². The third kappa shape index (κ3) is 1.51. The summed E-state index contributed by atoms with van der Waals surface area (Å²) in [5.74, 6) is 0. The van der Waals surface area contributed by atoms with Crippen LogP contribution in [-0.4, -0.2) is 11.2 Å². The minimum atomic E-state index is 0.115. The summed E-state index contributed by atoms with van der Waals surface area (Å²) in [7, 11) is 0. The average Bonchev–Trinajstić information content (AvgIpc) is 2.49. The molecule has 14 heavy (non-hydrogen) atoms. The van der Waals surface area contributed by atoms with Crippen LogP contribution in [0.5, 0.6) is 0 Å². The molecule has 0 saturated heterocycles. The van der Waals surface area contributed by atoms with Crippen LogP contribution < -0.4 is 5.73 Å². The van der Waals surface area contributed by atoms with E-state index in [9.17, 15) is 0 Å². The van der Waals surface area contributed by atoms with E-state index in [4.69, 9.17) is 10.3 Å². The highest BCUT2D eigenvalue weighted by Gasteiger charge is 2.10. The van der Waals surface area contributed by atoms with Crippen molar-refractivity contribution in [3.63, 3.8) is 0 Å². The van der Waals surface area contributed by atoms with E-state index in [2.05, 4.69) is 5.16 Å². The molecule has 2 N–H and O–H groups in total. The molecule has 0 radical (unpaired) electrons. The van der Waals surface area contributed by atoms with Gasteiger partial charge in [-0.2, -0.15) is 0 Å². The van der Waals surface area contributed by atoms with E-state index in [0.717, 1.165) is 28.6 Å². The van der Waals surface area contributed by atoms with Crippen LogP contribution in [-0.2, 0) is 6.42 Å². The predicted molar refractivity (Wildman–Crippen MR) is 56.1 cm³/mol. The lowest BCUT2D eigenvalue weighted by molar-refractivity contribution is 0.442. The quantitative estimate of drug-likeness (QED) is 0.788. The highest BCUT2D eigenvalue weighted by Crippen LogP contribution is 2.22. The normalized spacial score (nSPS) is 13.4. The van der Waals surface area contributed by atoms with Crippen molar-refractivity contribution in [1.29, 1.82) is 0 Å². The van der Waals surface area contributed by atoms with Crippen molar-refractivity contribution in [1.82, 2.24) is 5.16 Å². The van der Waals surface area contributed by atoms with Crippen molar-refractivity contribution < 1.29 is 4.52 Å². The van der Waals surface area contributed by atoms with Gasteiger partial charge in [0.2, 0.25) is 0 Å². The first-order chi connectivity index (χ1) is 6.68. The second kappa shape index (κ2) is 3.42. The van der Waals surface area contributed by atoms with Gasteiger partial charge in [-0.25, -0.2) is 0 Å². The molecule has 1 atom stereocenters. The molecule has 0 spiro atoms. The van der Waals surface area contributed by atoms with Gasteiger partial charge in [-0.15, -0.1) is 0 Å². The lowest BCUT2D eigenvalue weighted by Gasteiger charge is -2.00. The van der Waals surface area contributed by atoms with Gasteiger partial charge in [-0.3, -0.25) is 0 Å². The van der Waals surface area contributed by atoms with Crippen molar-refractivity contribution in [2.24, 2.45) is 5.73 Å². The Hall–Kier alpha value is -1.35. The van der Waals surface area contributed by atoms with Gasteiger partial charge in [0, 0.05) is 17.8 Å². The van der Waals surface area contributed by atoms with E-state index in [1.165, 1.54) is 0 Å². The van der Waals surface area contributed by atoms with E-state index in [1.807, 2.05) is 32.0 Å². The number of para-hydroxylation sites is 1. The number of fused-ring (bicyclic) bond motifs is 1. The molecule has 1 heterocycles. The molecule has 1 unspecified atom stereocenters. The number of nitrogens with two attached hydrogens (primary N) is 1. The fourth-order valence-corrected chi connectivity index (χ4v) is 1.60. The summed E-state index contributed by atoms with van der Waals surface area (Å²) in [4.78, 5) is 0. The molecule has 0 fully saturated rings. The zero-order chi connectivity index (χ0) is 10.1.